The van der Waals surface area contributed by atoms with Gasteiger partial charge in [-0.1, -0.05) is 62.4 Å². The van der Waals surface area contributed by atoms with Crippen LogP contribution in [0, 0.1) is 5.92 Å². The third kappa shape index (κ3) is 4.77. The molecule has 2 heterocycles. The second-order valence-corrected chi connectivity index (χ2v) is 8.16. The molecule has 4 N–H and O–H groups in total. The van der Waals surface area contributed by atoms with Crippen LogP contribution in [0.5, 0.6) is 0 Å². The van der Waals surface area contributed by atoms with Gasteiger partial charge in [-0.3, -0.25) is 0 Å². The van der Waals surface area contributed by atoms with Gasteiger partial charge >= 0.3 is 0 Å². The zero-order valence-electron chi connectivity index (χ0n) is 18.2. The topological polar surface area (TPSA) is 93.7 Å². The summed E-state index contributed by atoms with van der Waals surface area (Å²) in [5.41, 5.74) is 10.6. The van der Waals surface area contributed by atoms with E-state index in [0.717, 1.165) is 22.4 Å². The van der Waals surface area contributed by atoms with E-state index in [1.807, 2.05) is 48.8 Å². The molecule has 31 heavy (non-hydrogen) atoms. The predicted octanol–water partition coefficient (Wildman–Crippen LogP) is 4.53. The summed E-state index contributed by atoms with van der Waals surface area (Å²) in [6, 6.07) is 18.4. The highest BCUT2D eigenvalue weighted by Gasteiger charge is 2.16. The second kappa shape index (κ2) is 9.04. The number of nitrogens with one attached hydrogen (secondary N) is 2. The van der Waals surface area contributed by atoms with Gasteiger partial charge in [-0.25, -0.2) is 4.98 Å². The number of aromatic nitrogens is 4. The van der Waals surface area contributed by atoms with Crippen molar-refractivity contribution in [2.24, 2.45) is 5.92 Å². The van der Waals surface area contributed by atoms with Crippen LogP contribution in [0.3, 0.4) is 0 Å². The monoisotopic (exact) mass is 415 g/mol. The average molecular weight is 416 g/mol. The number of rotatable bonds is 8. The molecule has 0 bridgehead atoms. The first-order valence-corrected chi connectivity index (χ1v) is 10.6. The van der Waals surface area contributed by atoms with Crippen LogP contribution in [0.15, 0.2) is 60.9 Å². The third-order valence-electron chi connectivity index (χ3n) is 5.52. The van der Waals surface area contributed by atoms with Crippen LogP contribution < -0.4 is 16.4 Å². The van der Waals surface area contributed by atoms with E-state index in [1.165, 1.54) is 5.56 Å². The van der Waals surface area contributed by atoms with Gasteiger partial charge in [-0.15, -0.1) is 0 Å². The van der Waals surface area contributed by atoms with Gasteiger partial charge in [0.05, 0.1) is 12.9 Å². The molecule has 2 aromatic heterocycles. The zero-order valence-corrected chi connectivity index (χ0v) is 18.2. The quantitative estimate of drug-likeness (QED) is 0.366. The van der Waals surface area contributed by atoms with Crippen LogP contribution in [-0.2, 0) is 13.1 Å². The van der Waals surface area contributed by atoms with Gasteiger partial charge in [-0.2, -0.15) is 9.97 Å². The van der Waals surface area contributed by atoms with E-state index < -0.39 is 0 Å². The molecule has 0 aliphatic carbocycles. The maximum absolute atomic E-state index is 6.11. The number of nitrogen functional groups attached to an aromatic ring is 1. The Kier molecular flexibility index (Phi) is 6.02. The molecule has 0 radical (unpaired) electrons. The van der Waals surface area contributed by atoms with Crippen LogP contribution >= 0.6 is 0 Å². The number of nitrogens with two attached hydrogens (primary N) is 1. The Morgan fingerprint density at radius 2 is 1.71 bits per heavy atom. The maximum atomic E-state index is 6.11. The number of anilines is 3. The molecule has 160 valence electrons. The van der Waals surface area contributed by atoms with Crippen molar-refractivity contribution in [3.8, 4) is 0 Å². The Morgan fingerprint density at radius 1 is 0.968 bits per heavy atom. The molecule has 0 fully saturated rings. The largest absolute Gasteiger partial charge is 0.398 e. The standard InChI is InChI=1S/C24H29N7/c1-16(2)17(3)28-24-29-22(26-13-19-11-7-8-12-20(19)25)21-23(30-24)31(15-27-21)14-18-9-5-4-6-10-18/h4-12,15-17H,13-14,25H2,1-3H3,(H2,26,28,29,30). The SMILES string of the molecule is CC(C)C(C)Nc1nc(NCc2ccccc2N)c2ncn(Cc3ccccc3)c2n1. The van der Waals surface area contributed by atoms with Gasteiger partial charge in [0.2, 0.25) is 5.95 Å². The van der Waals surface area contributed by atoms with Gasteiger partial charge in [-0.05, 0) is 30.0 Å². The molecule has 1 unspecified atom stereocenters. The van der Waals surface area contributed by atoms with Crippen molar-refractivity contribution in [3.05, 3.63) is 72.1 Å². The van der Waals surface area contributed by atoms with Crippen molar-refractivity contribution in [1.29, 1.82) is 0 Å². The van der Waals surface area contributed by atoms with Crippen molar-refractivity contribution in [2.45, 2.75) is 39.9 Å². The van der Waals surface area contributed by atoms with Crippen molar-refractivity contribution < 1.29 is 0 Å². The highest BCUT2D eigenvalue weighted by molar-refractivity contribution is 5.84. The van der Waals surface area contributed by atoms with E-state index in [0.29, 0.717) is 30.8 Å². The summed E-state index contributed by atoms with van der Waals surface area (Å²) in [4.78, 5) is 14.2. The first-order chi connectivity index (χ1) is 15.0. The highest BCUT2D eigenvalue weighted by atomic mass is 15.2. The van der Waals surface area contributed by atoms with Crippen LogP contribution in [0.1, 0.15) is 31.9 Å². The van der Waals surface area contributed by atoms with Gasteiger partial charge in [0.1, 0.15) is 0 Å². The fourth-order valence-corrected chi connectivity index (χ4v) is 3.27. The zero-order chi connectivity index (χ0) is 21.8. The number of fused-ring (bicyclic) bond motifs is 1. The molecule has 0 saturated heterocycles. The van der Waals surface area contributed by atoms with Gasteiger partial charge in [0.25, 0.3) is 0 Å². The molecular formula is C24H29N7. The van der Waals surface area contributed by atoms with Crippen molar-refractivity contribution in [3.63, 3.8) is 0 Å². The van der Waals surface area contributed by atoms with Crippen LogP contribution in [0.2, 0.25) is 0 Å². The Bertz CT molecular complexity index is 1150. The highest BCUT2D eigenvalue weighted by Crippen LogP contribution is 2.24. The minimum Gasteiger partial charge on any atom is -0.398 e. The summed E-state index contributed by atoms with van der Waals surface area (Å²) in [5.74, 6) is 1.74. The summed E-state index contributed by atoms with van der Waals surface area (Å²) >= 11 is 0. The molecule has 0 amide bonds. The van der Waals surface area contributed by atoms with E-state index in [-0.39, 0.29) is 6.04 Å². The number of hydrogen-bond acceptors (Lipinski definition) is 6. The summed E-state index contributed by atoms with van der Waals surface area (Å²) in [7, 11) is 0. The van der Waals surface area contributed by atoms with E-state index in [4.69, 9.17) is 15.7 Å². The summed E-state index contributed by atoms with van der Waals surface area (Å²) in [6.45, 7) is 7.74. The molecule has 0 saturated carbocycles. The summed E-state index contributed by atoms with van der Waals surface area (Å²) in [6.07, 6.45) is 1.82. The smallest absolute Gasteiger partial charge is 0.227 e. The first kappa shape index (κ1) is 20.7. The molecule has 0 spiro atoms. The molecule has 0 aliphatic heterocycles. The fraction of sp³-hybridized carbons (Fsp3) is 0.292. The molecule has 2 aromatic carbocycles. The molecule has 1 atom stereocenters. The van der Waals surface area contributed by atoms with E-state index in [2.05, 4.69) is 53.1 Å². The number of benzene rings is 2. The molecule has 0 aliphatic rings. The van der Waals surface area contributed by atoms with Crippen molar-refractivity contribution >= 4 is 28.6 Å². The number of nitrogens with zero attached hydrogens (tertiary/aromatic N) is 4. The fourth-order valence-electron chi connectivity index (χ4n) is 3.27. The number of imidazole rings is 1. The van der Waals surface area contributed by atoms with Gasteiger partial charge in [0.15, 0.2) is 17.0 Å². The minimum absolute atomic E-state index is 0.237. The van der Waals surface area contributed by atoms with Gasteiger partial charge in [0, 0.05) is 18.3 Å². The normalized spacial score (nSPS) is 12.3. The minimum atomic E-state index is 0.237. The maximum Gasteiger partial charge on any atom is 0.227 e. The molecule has 7 nitrogen and oxygen atoms in total. The van der Waals surface area contributed by atoms with Crippen LogP contribution in [0.25, 0.3) is 11.2 Å². The van der Waals surface area contributed by atoms with Gasteiger partial charge < -0.3 is 20.9 Å². The average Bonchev–Trinajstić information content (AvgIpc) is 3.16. The summed E-state index contributed by atoms with van der Waals surface area (Å²) < 4.78 is 2.06. The molecule has 4 rings (SSSR count). The first-order valence-electron chi connectivity index (χ1n) is 10.6. The lowest BCUT2D eigenvalue weighted by Crippen LogP contribution is -2.23. The van der Waals surface area contributed by atoms with E-state index in [9.17, 15) is 0 Å². The van der Waals surface area contributed by atoms with Crippen LogP contribution in [-0.4, -0.2) is 25.6 Å². The van der Waals surface area contributed by atoms with Crippen molar-refractivity contribution in [1.82, 2.24) is 19.5 Å². The molecule has 4 aromatic rings. The lowest BCUT2D eigenvalue weighted by atomic mass is 10.1. The van der Waals surface area contributed by atoms with E-state index >= 15 is 0 Å². The lowest BCUT2D eigenvalue weighted by Gasteiger charge is -2.18. The predicted molar refractivity (Wildman–Crippen MR) is 127 cm³/mol. The Hall–Kier alpha value is -3.61. The number of hydrogen-bond donors (Lipinski definition) is 3. The van der Waals surface area contributed by atoms with Crippen molar-refractivity contribution in [2.75, 3.05) is 16.4 Å². The van der Waals surface area contributed by atoms with E-state index in [1.54, 1.807) is 0 Å². The second-order valence-electron chi connectivity index (χ2n) is 8.16. The Balaban J connectivity index is 1.69. The molecular weight excluding hydrogens is 386 g/mol. The molecule has 7 heteroatoms. The Labute approximate surface area is 182 Å². The Morgan fingerprint density at radius 3 is 2.45 bits per heavy atom. The number of para-hydroxylation sites is 1. The third-order valence-corrected chi connectivity index (χ3v) is 5.52. The van der Waals surface area contributed by atoms with Crippen LogP contribution in [0.4, 0.5) is 17.5 Å². The lowest BCUT2D eigenvalue weighted by molar-refractivity contribution is 0.556. The summed E-state index contributed by atoms with van der Waals surface area (Å²) in [5, 5.41) is 6.85.